The van der Waals surface area contributed by atoms with E-state index in [1.54, 1.807) is 6.92 Å². The Kier molecular flexibility index (Phi) is 5.60. The molecule has 1 atom stereocenters. The lowest BCUT2D eigenvalue weighted by Gasteiger charge is -2.22. The number of hydrogen-bond acceptors (Lipinski definition) is 5. The molecule has 8 heteroatoms. The number of urea groups is 1. The van der Waals surface area contributed by atoms with Gasteiger partial charge in [0, 0.05) is 4.88 Å². The van der Waals surface area contributed by atoms with Crippen molar-refractivity contribution >= 4 is 34.3 Å². The molecular weight excluding hydrogens is 400 g/mol. The molecule has 0 radical (unpaired) electrons. The van der Waals surface area contributed by atoms with E-state index >= 15 is 0 Å². The Morgan fingerprint density at radius 2 is 1.87 bits per heavy atom. The molecule has 4 rings (SSSR count). The first-order chi connectivity index (χ1) is 14.4. The van der Waals surface area contributed by atoms with Crippen molar-refractivity contribution in [1.29, 1.82) is 0 Å². The van der Waals surface area contributed by atoms with E-state index in [-0.39, 0.29) is 6.54 Å². The Balaban J connectivity index is 1.44. The number of carbonyl (C=O) groups excluding carboxylic acids is 3. The maximum absolute atomic E-state index is 13.0. The predicted molar refractivity (Wildman–Crippen MR) is 115 cm³/mol. The van der Waals surface area contributed by atoms with Crippen molar-refractivity contribution in [2.75, 3.05) is 11.9 Å². The minimum absolute atomic E-state index is 0.337. The van der Waals surface area contributed by atoms with Crippen LogP contribution in [-0.4, -0.2) is 34.3 Å². The first-order valence-electron chi connectivity index (χ1n) is 10.4. The molecule has 2 heterocycles. The van der Waals surface area contributed by atoms with Crippen LogP contribution < -0.4 is 10.6 Å². The van der Waals surface area contributed by atoms with Gasteiger partial charge in [-0.2, -0.15) is 0 Å². The van der Waals surface area contributed by atoms with Gasteiger partial charge in [0.1, 0.15) is 12.1 Å². The summed E-state index contributed by atoms with van der Waals surface area (Å²) in [6.45, 7) is 3.28. The van der Waals surface area contributed by atoms with Crippen LogP contribution in [0.25, 0.3) is 0 Å². The van der Waals surface area contributed by atoms with E-state index in [1.165, 1.54) is 29.1 Å². The third kappa shape index (κ3) is 3.96. The molecule has 30 heavy (non-hydrogen) atoms. The number of nitrogens with zero attached hydrogens (tertiary/aromatic N) is 2. The summed E-state index contributed by atoms with van der Waals surface area (Å²) in [5.41, 5.74) is 1.64. The Bertz CT molecular complexity index is 959. The molecule has 0 bridgehead atoms. The first-order valence-corrected chi connectivity index (χ1v) is 11.2. The van der Waals surface area contributed by atoms with Crippen LogP contribution in [0.15, 0.2) is 24.3 Å². The zero-order chi connectivity index (χ0) is 21.3. The van der Waals surface area contributed by atoms with Crippen LogP contribution in [0.4, 0.5) is 9.93 Å². The fraction of sp³-hybridized carbons (Fsp3) is 0.455. The van der Waals surface area contributed by atoms with E-state index in [9.17, 15) is 14.4 Å². The smallest absolute Gasteiger partial charge is 0.319 e. The molecule has 7 nitrogen and oxygen atoms in total. The van der Waals surface area contributed by atoms with Gasteiger partial charge in [-0.05, 0) is 45.1 Å². The summed E-state index contributed by atoms with van der Waals surface area (Å²) < 4.78 is 0. The van der Waals surface area contributed by atoms with Crippen LogP contribution in [0, 0.1) is 6.92 Å². The summed E-state index contributed by atoms with van der Waals surface area (Å²) >= 11 is 1.50. The third-order valence-electron chi connectivity index (χ3n) is 5.80. The van der Waals surface area contributed by atoms with Gasteiger partial charge in [0.05, 0.1) is 5.69 Å². The largest absolute Gasteiger partial charge is 0.325 e. The highest BCUT2D eigenvalue weighted by Gasteiger charge is 2.49. The van der Waals surface area contributed by atoms with E-state index in [0.29, 0.717) is 10.7 Å². The van der Waals surface area contributed by atoms with E-state index in [2.05, 4.69) is 15.6 Å². The maximum atomic E-state index is 13.0. The summed E-state index contributed by atoms with van der Waals surface area (Å²) in [6, 6.07) is 6.86. The molecule has 0 saturated carbocycles. The molecule has 2 N–H and O–H groups in total. The van der Waals surface area contributed by atoms with Crippen LogP contribution in [-0.2, 0) is 28.0 Å². The monoisotopic (exact) mass is 426 g/mol. The summed E-state index contributed by atoms with van der Waals surface area (Å²) in [6.07, 6.45) is 6.62. The second kappa shape index (κ2) is 8.18. The van der Waals surface area contributed by atoms with Crippen LogP contribution in [0.2, 0.25) is 0 Å². The van der Waals surface area contributed by atoms with Gasteiger partial charge in [0.25, 0.3) is 5.91 Å². The normalized spacial score (nSPS) is 21.6. The predicted octanol–water partition coefficient (Wildman–Crippen LogP) is 3.52. The fourth-order valence-corrected chi connectivity index (χ4v) is 5.05. The highest BCUT2D eigenvalue weighted by Crippen LogP contribution is 2.30. The van der Waals surface area contributed by atoms with Gasteiger partial charge in [0.2, 0.25) is 5.91 Å². The van der Waals surface area contributed by atoms with Gasteiger partial charge in [-0.15, -0.1) is 11.3 Å². The summed E-state index contributed by atoms with van der Waals surface area (Å²) in [7, 11) is 0. The molecule has 1 aliphatic heterocycles. The molecule has 158 valence electrons. The summed E-state index contributed by atoms with van der Waals surface area (Å²) in [5.74, 6) is -0.855. The zero-order valence-electron chi connectivity index (χ0n) is 17.3. The molecule has 1 fully saturated rings. The van der Waals surface area contributed by atoms with Gasteiger partial charge >= 0.3 is 6.03 Å². The van der Waals surface area contributed by atoms with E-state index in [0.717, 1.165) is 41.8 Å². The van der Waals surface area contributed by atoms with Crippen LogP contribution in [0.1, 0.15) is 54.3 Å². The highest BCUT2D eigenvalue weighted by atomic mass is 32.1. The number of imide groups is 1. The standard InChI is InChI=1S/C22H26N4O3S/c1-14-9-11-15(12-10-14)22(2)19(28)26(21(29)25-22)13-18(27)24-20-23-16-7-5-3-4-6-8-17(16)30-20/h9-12H,3-8,13H2,1-2H3,(H,25,29)(H,23,24,27). The number of benzene rings is 1. The van der Waals surface area contributed by atoms with Crippen molar-refractivity contribution in [2.24, 2.45) is 0 Å². The number of aryl methyl sites for hydroxylation is 3. The van der Waals surface area contributed by atoms with Crippen molar-refractivity contribution in [2.45, 2.75) is 57.9 Å². The van der Waals surface area contributed by atoms with E-state index in [1.807, 2.05) is 31.2 Å². The van der Waals surface area contributed by atoms with E-state index < -0.39 is 23.4 Å². The number of carbonyl (C=O) groups is 3. The Morgan fingerprint density at radius 3 is 2.60 bits per heavy atom. The van der Waals surface area contributed by atoms with Gasteiger partial charge in [-0.25, -0.2) is 9.78 Å². The van der Waals surface area contributed by atoms with E-state index in [4.69, 9.17) is 0 Å². The molecule has 1 saturated heterocycles. The number of anilines is 1. The minimum Gasteiger partial charge on any atom is -0.319 e. The number of amides is 4. The average Bonchev–Trinajstić information content (AvgIpc) is 3.15. The summed E-state index contributed by atoms with van der Waals surface area (Å²) in [4.78, 5) is 44.8. The molecular formula is C22H26N4O3S. The highest BCUT2D eigenvalue weighted by molar-refractivity contribution is 7.15. The van der Waals surface area contributed by atoms with Crippen molar-refractivity contribution in [3.05, 3.63) is 46.0 Å². The quantitative estimate of drug-likeness (QED) is 0.732. The molecule has 0 spiro atoms. The lowest BCUT2D eigenvalue weighted by Crippen LogP contribution is -2.42. The number of rotatable bonds is 4. The van der Waals surface area contributed by atoms with Crippen LogP contribution in [0.3, 0.4) is 0 Å². The number of nitrogens with one attached hydrogen (secondary N) is 2. The number of thiazole rings is 1. The topological polar surface area (TPSA) is 91.4 Å². The summed E-state index contributed by atoms with van der Waals surface area (Å²) in [5, 5.41) is 6.05. The second-order valence-electron chi connectivity index (χ2n) is 8.16. The lowest BCUT2D eigenvalue weighted by molar-refractivity contribution is -0.133. The van der Waals surface area contributed by atoms with Crippen molar-refractivity contribution in [1.82, 2.24) is 15.2 Å². The Hall–Kier alpha value is -2.74. The van der Waals surface area contributed by atoms with Crippen molar-refractivity contribution < 1.29 is 14.4 Å². The van der Waals surface area contributed by atoms with Crippen molar-refractivity contribution in [3.8, 4) is 0 Å². The van der Waals surface area contributed by atoms with Crippen molar-refractivity contribution in [3.63, 3.8) is 0 Å². The van der Waals surface area contributed by atoms with Gasteiger partial charge in [-0.3, -0.25) is 14.5 Å². The lowest BCUT2D eigenvalue weighted by atomic mass is 9.91. The molecule has 4 amide bonds. The Labute approximate surface area is 179 Å². The van der Waals surface area contributed by atoms with Gasteiger partial charge in [-0.1, -0.05) is 42.7 Å². The molecule has 1 aliphatic carbocycles. The SMILES string of the molecule is Cc1ccc(C2(C)NC(=O)N(CC(=O)Nc3nc4c(s3)CCCCCC4)C2=O)cc1. The molecule has 2 aromatic rings. The third-order valence-corrected chi connectivity index (χ3v) is 6.87. The number of hydrogen-bond donors (Lipinski definition) is 2. The second-order valence-corrected chi connectivity index (χ2v) is 9.25. The fourth-order valence-electron chi connectivity index (χ4n) is 3.98. The minimum atomic E-state index is -1.18. The zero-order valence-corrected chi connectivity index (χ0v) is 18.1. The molecule has 2 aliphatic rings. The maximum Gasteiger partial charge on any atom is 0.325 e. The Morgan fingerprint density at radius 1 is 1.17 bits per heavy atom. The van der Waals surface area contributed by atoms with Crippen LogP contribution >= 0.6 is 11.3 Å². The first kappa shape index (κ1) is 20.5. The number of aromatic nitrogens is 1. The molecule has 1 aromatic heterocycles. The molecule has 1 aromatic carbocycles. The van der Waals surface area contributed by atoms with Crippen LogP contribution in [0.5, 0.6) is 0 Å². The van der Waals surface area contributed by atoms with Gasteiger partial charge in [0.15, 0.2) is 5.13 Å². The molecule has 1 unspecified atom stereocenters. The average molecular weight is 427 g/mol. The number of fused-ring (bicyclic) bond motifs is 1. The van der Waals surface area contributed by atoms with Gasteiger partial charge < -0.3 is 10.6 Å².